The number of terminal acetylenes is 1. The Morgan fingerprint density at radius 1 is 1.15 bits per heavy atom. The van der Waals surface area contributed by atoms with Crippen molar-refractivity contribution in [2.75, 3.05) is 0 Å². The third kappa shape index (κ3) is 7.92. The van der Waals surface area contributed by atoms with E-state index < -0.39 is 8.32 Å². The summed E-state index contributed by atoms with van der Waals surface area (Å²) >= 11 is 0. The smallest absolute Gasteiger partial charge is 0.192 e. The highest BCUT2D eigenvalue weighted by Gasteiger charge is 2.38. The standard InChI is InChI=1S/C18H34OSi/c1-8-10-12-13-14-16-17(15-11-9-2)19-20(6,7)18(3,4)5/h2,11,15,17H,8,10,12-14,16H2,1,3-7H3/b15-11+/t17-/m1/s1. The second kappa shape index (κ2) is 9.42. The second-order valence-corrected chi connectivity index (χ2v) is 11.9. The Hall–Kier alpha value is -0.523. The summed E-state index contributed by atoms with van der Waals surface area (Å²) in [5, 5.41) is 0.247. The van der Waals surface area contributed by atoms with E-state index in [4.69, 9.17) is 10.8 Å². The average Bonchev–Trinajstić information content (AvgIpc) is 2.33. The minimum atomic E-state index is -1.71. The molecule has 0 fully saturated rings. The first-order valence-corrected chi connectivity index (χ1v) is 11.0. The minimum absolute atomic E-state index is 0.188. The predicted octanol–water partition coefficient (Wildman–Crippen LogP) is 5.93. The summed E-state index contributed by atoms with van der Waals surface area (Å²) in [7, 11) is -1.71. The Kier molecular flexibility index (Phi) is 9.17. The fourth-order valence-corrected chi connectivity index (χ4v) is 3.17. The lowest BCUT2D eigenvalue weighted by Crippen LogP contribution is -2.43. The van der Waals surface area contributed by atoms with Gasteiger partial charge in [0.2, 0.25) is 0 Å². The zero-order valence-electron chi connectivity index (χ0n) is 14.5. The Balaban J connectivity index is 4.43. The van der Waals surface area contributed by atoms with E-state index in [-0.39, 0.29) is 11.1 Å². The summed E-state index contributed by atoms with van der Waals surface area (Å²) in [6.07, 6.45) is 17.0. The molecule has 1 atom stereocenters. The number of rotatable bonds is 9. The van der Waals surface area contributed by atoms with Gasteiger partial charge in [-0.25, -0.2) is 0 Å². The molecule has 0 N–H and O–H groups in total. The largest absolute Gasteiger partial charge is 0.411 e. The fraction of sp³-hybridized carbons (Fsp3) is 0.778. The molecule has 0 aromatic rings. The van der Waals surface area contributed by atoms with Crippen LogP contribution in [0.5, 0.6) is 0 Å². The molecule has 0 spiro atoms. The average molecular weight is 295 g/mol. The summed E-state index contributed by atoms with van der Waals surface area (Å²) in [5.41, 5.74) is 0. The van der Waals surface area contributed by atoms with Gasteiger partial charge in [0, 0.05) is 0 Å². The molecule has 20 heavy (non-hydrogen) atoms. The summed E-state index contributed by atoms with van der Waals surface area (Å²) in [5.74, 6) is 2.59. The van der Waals surface area contributed by atoms with E-state index in [1.165, 1.54) is 32.1 Å². The van der Waals surface area contributed by atoms with Crippen molar-refractivity contribution in [3.05, 3.63) is 12.2 Å². The van der Waals surface area contributed by atoms with Crippen molar-refractivity contribution < 1.29 is 4.43 Å². The van der Waals surface area contributed by atoms with E-state index in [0.29, 0.717) is 0 Å². The van der Waals surface area contributed by atoms with Crippen molar-refractivity contribution >= 4 is 8.32 Å². The number of unbranched alkanes of at least 4 members (excludes halogenated alkanes) is 4. The van der Waals surface area contributed by atoms with E-state index in [1.54, 1.807) is 6.08 Å². The zero-order chi connectivity index (χ0) is 15.6. The van der Waals surface area contributed by atoms with Gasteiger partial charge in [-0.15, -0.1) is 6.42 Å². The van der Waals surface area contributed by atoms with Crippen molar-refractivity contribution in [3.63, 3.8) is 0 Å². The van der Waals surface area contributed by atoms with Gasteiger partial charge in [-0.1, -0.05) is 65.7 Å². The summed E-state index contributed by atoms with van der Waals surface area (Å²) < 4.78 is 6.47. The molecule has 0 rings (SSSR count). The van der Waals surface area contributed by atoms with Crippen LogP contribution in [0.4, 0.5) is 0 Å². The SMILES string of the molecule is C#C/C=C/[C@H](CCCCCCC)O[Si](C)(C)C(C)(C)C. The summed E-state index contributed by atoms with van der Waals surface area (Å²) in [6.45, 7) is 13.7. The molecule has 0 aromatic carbocycles. The molecule has 0 heterocycles. The topological polar surface area (TPSA) is 9.23 Å². The van der Waals surface area contributed by atoms with E-state index >= 15 is 0 Å². The first kappa shape index (κ1) is 19.5. The maximum Gasteiger partial charge on any atom is 0.192 e. The van der Waals surface area contributed by atoms with E-state index in [2.05, 4.69) is 52.8 Å². The molecule has 1 nitrogen and oxygen atoms in total. The van der Waals surface area contributed by atoms with Crippen LogP contribution in [-0.2, 0) is 4.43 Å². The molecule has 0 aliphatic rings. The molecule has 2 heteroatoms. The Bertz CT molecular complexity index is 317. The summed E-state index contributed by atoms with van der Waals surface area (Å²) in [4.78, 5) is 0. The van der Waals surface area contributed by atoms with Gasteiger partial charge in [-0.05, 0) is 36.7 Å². The number of hydrogen-bond donors (Lipinski definition) is 0. The molecule has 0 amide bonds. The van der Waals surface area contributed by atoms with Gasteiger partial charge in [-0.2, -0.15) is 0 Å². The van der Waals surface area contributed by atoms with Gasteiger partial charge in [0.05, 0.1) is 6.10 Å². The maximum absolute atomic E-state index is 6.47. The van der Waals surface area contributed by atoms with Crippen LogP contribution >= 0.6 is 0 Å². The van der Waals surface area contributed by atoms with Crippen molar-refractivity contribution in [2.45, 2.75) is 90.5 Å². The van der Waals surface area contributed by atoms with Gasteiger partial charge in [-0.3, -0.25) is 0 Å². The van der Waals surface area contributed by atoms with Crippen molar-refractivity contribution in [2.24, 2.45) is 0 Å². The lowest BCUT2D eigenvalue weighted by molar-refractivity contribution is 0.211. The number of allylic oxidation sites excluding steroid dienone is 1. The van der Waals surface area contributed by atoms with Crippen LogP contribution in [0, 0.1) is 12.3 Å². The third-order valence-electron chi connectivity index (χ3n) is 4.25. The first-order valence-electron chi connectivity index (χ1n) is 8.05. The molecule has 0 bridgehead atoms. The molecule has 0 unspecified atom stereocenters. The highest BCUT2D eigenvalue weighted by molar-refractivity contribution is 6.74. The number of hydrogen-bond acceptors (Lipinski definition) is 1. The maximum atomic E-state index is 6.47. The molecule has 0 aliphatic heterocycles. The van der Waals surface area contributed by atoms with E-state index in [9.17, 15) is 0 Å². The van der Waals surface area contributed by atoms with E-state index in [1.807, 2.05) is 0 Å². The molecule has 116 valence electrons. The van der Waals surface area contributed by atoms with Crippen LogP contribution in [0.15, 0.2) is 12.2 Å². The fourth-order valence-electron chi connectivity index (χ4n) is 1.86. The van der Waals surface area contributed by atoms with E-state index in [0.717, 1.165) is 6.42 Å². The molecule has 0 saturated carbocycles. The Morgan fingerprint density at radius 2 is 1.75 bits per heavy atom. The molecule has 0 saturated heterocycles. The monoisotopic (exact) mass is 294 g/mol. The van der Waals surface area contributed by atoms with Gasteiger partial charge in [0.15, 0.2) is 8.32 Å². The van der Waals surface area contributed by atoms with Crippen LogP contribution in [0.2, 0.25) is 18.1 Å². The van der Waals surface area contributed by atoms with Gasteiger partial charge >= 0.3 is 0 Å². The molecule has 0 aromatic heterocycles. The van der Waals surface area contributed by atoms with Crippen LogP contribution in [0.25, 0.3) is 0 Å². The molecule has 0 radical (unpaired) electrons. The quantitative estimate of drug-likeness (QED) is 0.291. The second-order valence-electron chi connectivity index (χ2n) is 7.15. The normalized spacial score (nSPS) is 14.4. The Morgan fingerprint density at radius 3 is 2.25 bits per heavy atom. The van der Waals surface area contributed by atoms with Gasteiger partial charge in [0.25, 0.3) is 0 Å². The lowest BCUT2D eigenvalue weighted by Gasteiger charge is -2.38. The lowest BCUT2D eigenvalue weighted by atomic mass is 10.1. The van der Waals surface area contributed by atoms with Crippen LogP contribution in [0.1, 0.15) is 66.2 Å². The zero-order valence-corrected chi connectivity index (χ0v) is 15.5. The van der Waals surface area contributed by atoms with Crippen LogP contribution in [0.3, 0.4) is 0 Å². The van der Waals surface area contributed by atoms with Gasteiger partial charge in [0.1, 0.15) is 0 Å². The molecular weight excluding hydrogens is 260 g/mol. The molecular formula is C18H34OSi. The van der Waals surface area contributed by atoms with Crippen molar-refractivity contribution in [3.8, 4) is 12.3 Å². The highest BCUT2D eigenvalue weighted by atomic mass is 28.4. The van der Waals surface area contributed by atoms with Crippen LogP contribution in [-0.4, -0.2) is 14.4 Å². The van der Waals surface area contributed by atoms with Crippen LogP contribution < -0.4 is 0 Å². The minimum Gasteiger partial charge on any atom is -0.411 e. The van der Waals surface area contributed by atoms with Gasteiger partial charge < -0.3 is 4.43 Å². The first-order chi connectivity index (χ1) is 9.24. The highest BCUT2D eigenvalue weighted by Crippen LogP contribution is 2.37. The van der Waals surface area contributed by atoms with Crippen molar-refractivity contribution in [1.29, 1.82) is 0 Å². The predicted molar refractivity (Wildman–Crippen MR) is 93.4 cm³/mol. The van der Waals surface area contributed by atoms with Crippen molar-refractivity contribution in [1.82, 2.24) is 0 Å². The molecule has 0 aliphatic carbocycles. The summed E-state index contributed by atoms with van der Waals surface area (Å²) in [6, 6.07) is 0. The Labute approximate surface area is 128 Å². The third-order valence-corrected chi connectivity index (χ3v) is 8.76.